The van der Waals surface area contributed by atoms with Crippen molar-refractivity contribution in [3.8, 4) is 0 Å². The fourth-order valence-electron chi connectivity index (χ4n) is 2.54. The maximum absolute atomic E-state index is 11.8. The molecule has 0 bridgehead atoms. The standard InChI is InChI=1S/C15H22N2O2/c1-3-11-7-8-17(10-11)14-9-12(5-6-13(14)16)15(18)19-4-2/h5-6,9,11H,3-4,7-8,10,16H2,1-2H3. The summed E-state index contributed by atoms with van der Waals surface area (Å²) < 4.78 is 5.03. The second-order valence-electron chi connectivity index (χ2n) is 5.00. The fraction of sp³-hybridized carbons (Fsp3) is 0.533. The summed E-state index contributed by atoms with van der Waals surface area (Å²) in [7, 11) is 0. The summed E-state index contributed by atoms with van der Waals surface area (Å²) in [5.41, 5.74) is 8.30. The van der Waals surface area contributed by atoms with E-state index in [9.17, 15) is 4.79 Å². The van der Waals surface area contributed by atoms with Crippen molar-refractivity contribution in [1.29, 1.82) is 0 Å². The molecule has 104 valence electrons. The molecule has 0 radical (unpaired) electrons. The van der Waals surface area contributed by atoms with E-state index in [4.69, 9.17) is 10.5 Å². The molecule has 1 heterocycles. The zero-order valence-corrected chi connectivity index (χ0v) is 11.7. The molecule has 2 N–H and O–H groups in total. The van der Waals surface area contributed by atoms with Gasteiger partial charge in [0.2, 0.25) is 0 Å². The number of esters is 1. The van der Waals surface area contributed by atoms with Gasteiger partial charge in [-0.3, -0.25) is 0 Å². The molecule has 1 aliphatic rings. The third kappa shape index (κ3) is 3.00. The van der Waals surface area contributed by atoms with Crippen LogP contribution in [-0.2, 0) is 4.74 Å². The van der Waals surface area contributed by atoms with Crippen molar-refractivity contribution in [1.82, 2.24) is 0 Å². The normalized spacial score (nSPS) is 18.6. The first-order valence-electron chi connectivity index (χ1n) is 6.97. The van der Waals surface area contributed by atoms with E-state index in [1.807, 2.05) is 13.0 Å². The van der Waals surface area contributed by atoms with Gasteiger partial charge in [0.05, 0.1) is 23.5 Å². The van der Waals surface area contributed by atoms with Crippen LogP contribution in [0.1, 0.15) is 37.0 Å². The molecule has 1 atom stereocenters. The lowest BCUT2D eigenvalue weighted by Crippen LogP contribution is -2.21. The SMILES string of the molecule is CCOC(=O)c1ccc(N)c(N2CCC(CC)C2)c1. The van der Waals surface area contributed by atoms with Crippen LogP contribution in [0.3, 0.4) is 0 Å². The van der Waals surface area contributed by atoms with Crippen molar-refractivity contribution >= 4 is 17.3 Å². The number of nitrogen functional groups attached to an aromatic ring is 1. The summed E-state index contributed by atoms with van der Waals surface area (Å²) >= 11 is 0. The lowest BCUT2D eigenvalue weighted by molar-refractivity contribution is 0.0526. The van der Waals surface area contributed by atoms with Gasteiger partial charge in [0, 0.05) is 13.1 Å². The Morgan fingerprint density at radius 3 is 2.89 bits per heavy atom. The summed E-state index contributed by atoms with van der Waals surface area (Å²) in [6.07, 6.45) is 2.38. The third-order valence-electron chi connectivity index (χ3n) is 3.75. The largest absolute Gasteiger partial charge is 0.462 e. The number of anilines is 2. The van der Waals surface area contributed by atoms with Crippen molar-refractivity contribution in [3.05, 3.63) is 23.8 Å². The minimum atomic E-state index is -0.282. The zero-order chi connectivity index (χ0) is 13.8. The zero-order valence-electron chi connectivity index (χ0n) is 11.7. The van der Waals surface area contributed by atoms with Crippen molar-refractivity contribution in [3.63, 3.8) is 0 Å². The number of rotatable bonds is 4. The van der Waals surface area contributed by atoms with Gasteiger partial charge in [0.1, 0.15) is 0 Å². The summed E-state index contributed by atoms with van der Waals surface area (Å²) in [4.78, 5) is 14.0. The predicted molar refractivity (Wildman–Crippen MR) is 77.4 cm³/mol. The van der Waals surface area contributed by atoms with Crippen LogP contribution in [0.25, 0.3) is 0 Å². The first-order valence-corrected chi connectivity index (χ1v) is 6.97. The average molecular weight is 262 g/mol. The molecule has 19 heavy (non-hydrogen) atoms. The maximum atomic E-state index is 11.8. The highest BCUT2D eigenvalue weighted by atomic mass is 16.5. The highest BCUT2D eigenvalue weighted by Gasteiger charge is 2.23. The molecule has 0 aromatic heterocycles. The van der Waals surface area contributed by atoms with Crippen LogP contribution in [0.15, 0.2) is 18.2 Å². The molecule has 4 heteroatoms. The van der Waals surface area contributed by atoms with Crippen LogP contribution in [0, 0.1) is 5.92 Å². The van der Waals surface area contributed by atoms with Gasteiger partial charge >= 0.3 is 5.97 Å². The van der Waals surface area contributed by atoms with E-state index in [-0.39, 0.29) is 5.97 Å². The Morgan fingerprint density at radius 1 is 1.47 bits per heavy atom. The molecule has 1 aromatic carbocycles. The number of nitrogens with zero attached hydrogens (tertiary/aromatic N) is 1. The monoisotopic (exact) mass is 262 g/mol. The minimum Gasteiger partial charge on any atom is -0.462 e. The molecule has 1 aromatic rings. The molecule has 2 rings (SSSR count). The maximum Gasteiger partial charge on any atom is 0.338 e. The number of hydrogen-bond acceptors (Lipinski definition) is 4. The van der Waals surface area contributed by atoms with Crippen molar-refractivity contribution < 1.29 is 9.53 Å². The molecular weight excluding hydrogens is 240 g/mol. The van der Waals surface area contributed by atoms with E-state index in [2.05, 4.69) is 11.8 Å². The van der Waals surface area contributed by atoms with E-state index in [0.29, 0.717) is 12.2 Å². The summed E-state index contributed by atoms with van der Waals surface area (Å²) in [5.74, 6) is 0.445. The summed E-state index contributed by atoms with van der Waals surface area (Å²) in [5, 5.41) is 0. The van der Waals surface area contributed by atoms with Crippen molar-refractivity contribution in [2.75, 3.05) is 30.3 Å². The Balaban J connectivity index is 2.20. The Labute approximate surface area is 114 Å². The number of hydrogen-bond donors (Lipinski definition) is 1. The van der Waals surface area contributed by atoms with E-state index in [1.54, 1.807) is 12.1 Å². The third-order valence-corrected chi connectivity index (χ3v) is 3.75. The molecule has 1 unspecified atom stereocenters. The van der Waals surface area contributed by atoms with Gasteiger partial charge in [-0.25, -0.2) is 4.79 Å². The molecule has 0 aliphatic carbocycles. The molecule has 0 spiro atoms. The molecule has 0 saturated carbocycles. The molecule has 0 amide bonds. The number of carbonyl (C=O) groups is 1. The van der Waals surface area contributed by atoms with Crippen LogP contribution in [0.4, 0.5) is 11.4 Å². The Hall–Kier alpha value is -1.71. The number of nitrogens with two attached hydrogens (primary N) is 1. The smallest absolute Gasteiger partial charge is 0.338 e. The van der Waals surface area contributed by atoms with Crippen molar-refractivity contribution in [2.45, 2.75) is 26.7 Å². The van der Waals surface area contributed by atoms with Gasteiger partial charge < -0.3 is 15.4 Å². The quantitative estimate of drug-likeness (QED) is 0.669. The second kappa shape index (κ2) is 5.95. The molecule has 4 nitrogen and oxygen atoms in total. The Morgan fingerprint density at radius 2 is 2.26 bits per heavy atom. The molecular formula is C15H22N2O2. The number of ether oxygens (including phenoxy) is 1. The van der Waals surface area contributed by atoms with E-state index < -0.39 is 0 Å². The van der Waals surface area contributed by atoms with Gasteiger partial charge in [0.15, 0.2) is 0 Å². The van der Waals surface area contributed by atoms with Crippen molar-refractivity contribution in [2.24, 2.45) is 5.92 Å². The van der Waals surface area contributed by atoms with Gasteiger partial charge in [-0.2, -0.15) is 0 Å². The summed E-state index contributed by atoms with van der Waals surface area (Å²) in [6, 6.07) is 5.37. The van der Waals surface area contributed by atoms with Gasteiger partial charge in [0.25, 0.3) is 0 Å². The first-order chi connectivity index (χ1) is 9.15. The molecule has 1 aliphatic heterocycles. The van der Waals surface area contributed by atoms with E-state index in [1.165, 1.54) is 12.8 Å². The lowest BCUT2D eigenvalue weighted by atomic mass is 10.1. The van der Waals surface area contributed by atoms with Gasteiger partial charge in [-0.15, -0.1) is 0 Å². The predicted octanol–water partition coefficient (Wildman–Crippen LogP) is 2.68. The second-order valence-corrected chi connectivity index (χ2v) is 5.00. The Bertz CT molecular complexity index is 459. The Kier molecular flexibility index (Phi) is 4.30. The fourth-order valence-corrected chi connectivity index (χ4v) is 2.54. The molecule has 1 saturated heterocycles. The highest BCUT2D eigenvalue weighted by Crippen LogP contribution is 2.31. The van der Waals surface area contributed by atoms with Crippen LogP contribution < -0.4 is 10.6 Å². The lowest BCUT2D eigenvalue weighted by Gasteiger charge is -2.21. The van der Waals surface area contributed by atoms with E-state index >= 15 is 0 Å². The highest BCUT2D eigenvalue weighted by molar-refractivity contribution is 5.92. The topological polar surface area (TPSA) is 55.6 Å². The van der Waals surface area contributed by atoms with Crippen LogP contribution in [0.2, 0.25) is 0 Å². The summed E-state index contributed by atoms with van der Waals surface area (Å²) in [6.45, 7) is 6.44. The van der Waals surface area contributed by atoms with Gasteiger partial charge in [-0.1, -0.05) is 13.3 Å². The van der Waals surface area contributed by atoms with E-state index in [0.717, 1.165) is 30.4 Å². The molecule has 1 fully saturated rings. The minimum absolute atomic E-state index is 0.282. The average Bonchev–Trinajstić information content (AvgIpc) is 2.88. The first kappa shape index (κ1) is 13.7. The van der Waals surface area contributed by atoms with Gasteiger partial charge in [-0.05, 0) is 37.5 Å². The number of carbonyl (C=O) groups excluding carboxylic acids is 1. The van der Waals surface area contributed by atoms with Crippen LogP contribution in [0.5, 0.6) is 0 Å². The van der Waals surface area contributed by atoms with Crippen LogP contribution >= 0.6 is 0 Å². The van der Waals surface area contributed by atoms with Crippen LogP contribution in [-0.4, -0.2) is 25.7 Å². The number of benzene rings is 1.